The Morgan fingerprint density at radius 2 is 1.47 bits per heavy atom. The summed E-state index contributed by atoms with van der Waals surface area (Å²) in [5.41, 5.74) is 1.41. The topological polar surface area (TPSA) is 55.8 Å². The van der Waals surface area contributed by atoms with Crippen LogP contribution in [0.3, 0.4) is 0 Å². The summed E-state index contributed by atoms with van der Waals surface area (Å²) in [6, 6.07) is 0. The average molecular weight is 290 g/mol. The molecular weight excluding hydrogens is 260 g/mol. The maximum Gasteiger partial charge on any atom is 0.308 e. The third-order valence-electron chi connectivity index (χ3n) is 3.86. The van der Waals surface area contributed by atoms with Crippen molar-refractivity contribution in [3.05, 3.63) is 0 Å². The van der Waals surface area contributed by atoms with Crippen molar-refractivity contribution < 1.29 is 19.1 Å². The first-order valence-corrected chi connectivity index (χ1v) is 9.21. The Balaban J connectivity index is 4.72. The fourth-order valence-corrected chi connectivity index (χ4v) is 8.56. The molecule has 1 atom stereocenters. The second-order valence-electron chi connectivity index (χ2n) is 6.06. The highest BCUT2D eigenvalue weighted by Gasteiger charge is 2.45. The number of aliphatic hydroxyl groups excluding tert-OH is 1. The minimum atomic E-state index is -1.96. The van der Waals surface area contributed by atoms with E-state index in [1.54, 1.807) is 0 Å². The molecule has 0 heterocycles. The van der Waals surface area contributed by atoms with Gasteiger partial charge in [0.25, 0.3) is 0 Å². The monoisotopic (exact) mass is 290 g/mol. The zero-order valence-electron chi connectivity index (χ0n) is 13.4. The lowest BCUT2D eigenvalue weighted by Crippen LogP contribution is -2.49. The lowest BCUT2D eigenvalue weighted by molar-refractivity contribution is -0.143. The van der Waals surface area contributed by atoms with E-state index >= 15 is 0 Å². The summed E-state index contributed by atoms with van der Waals surface area (Å²) in [6.07, 6.45) is -0.787. The second kappa shape index (κ2) is 8.02. The van der Waals surface area contributed by atoms with Crippen LogP contribution >= 0.6 is 0 Å². The first-order chi connectivity index (χ1) is 8.68. The van der Waals surface area contributed by atoms with Gasteiger partial charge in [-0.2, -0.15) is 0 Å². The molecule has 114 valence electrons. The molecule has 0 aromatic heterocycles. The average Bonchev–Trinajstić information content (AvgIpc) is 2.27. The Morgan fingerprint density at radius 1 is 1.05 bits per heavy atom. The van der Waals surface area contributed by atoms with E-state index in [1.165, 1.54) is 7.11 Å². The van der Waals surface area contributed by atoms with Crippen molar-refractivity contribution >= 4 is 14.3 Å². The Kier molecular flexibility index (Phi) is 7.85. The molecule has 0 aliphatic heterocycles. The molecule has 0 unspecified atom stereocenters. The van der Waals surface area contributed by atoms with Crippen LogP contribution in [0.2, 0.25) is 16.6 Å². The quantitative estimate of drug-likeness (QED) is 0.551. The molecule has 0 radical (unpaired) electrons. The van der Waals surface area contributed by atoms with Crippen LogP contribution < -0.4 is 0 Å². The zero-order valence-corrected chi connectivity index (χ0v) is 14.4. The van der Waals surface area contributed by atoms with E-state index in [9.17, 15) is 9.90 Å². The molecule has 5 heteroatoms. The van der Waals surface area contributed by atoms with Gasteiger partial charge in [-0.15, -0.1) is 0 Å². The predicted octanol–water partition coefficient (Wildman–Crippen LogP) is 3.10. The van der Waals surface area contributed by atoms with Crippen LogP contribution in [-0.4, -0.2) is 39.2 Å². The van der Waals surface area contributed by atoms with Crippen molar-refractivity contribution in [2.45, 2.75) is 70.7 Å². The summed E-state index contributed by atoms with van der Waals surface area (Å²) in [6.45, 7) is 13.4. The van der Waals surface area contributed by atoms with Crippen molar-refractivity contribution in [3.8, 4) is 0 Å². The van der Waals surface area contributed by atoms with Crippen molar-refractivity contribution in [1.29, 1.82) is 0 Å². The normalized spacial score (nSPS) is 14.3. The number of esters is 1. The largest absolute Gasteiger partial charge is 0.469 e. The van der Waals surface area contributed by atoms with Gasteiger partial charge in [0, 0.05) is 0 Å². The lowest BCUT2D eigenvalue weighted by Gasteiger charge is -2.42. The number of ether oxygens (including phenoxy) is 1. The zero-order chi connectivity index (χ0) is 15.2. The van der Waals surface area contributed by atoms with Crippen molar-refractivity contribution in [2.24, 2.45) is 0 Å². The van der Waals surface area contributed by atoms with Crippen molar-refractivity contribution in [3.63, 3.8) is 0 Å². The van der Waals surface area contributed by atoms with Gasteiger partial charge in [0.15, 0.2) is 8.32 Å². The van der Waals surface area contributed by atoms with E-state index in [4.69, 9.17) is 4.43 Å². The molecule has 0 aliphatic carbocycles. The van der Waals surface area contributed by atoms with Gasteiger partial charge in [0.05, 0.1) is 26.2 Å². The molecule has 0 aliphatic rings. The number of rotatable bonds is 8. The molecule has 0 spiro atoms. The van der Waals surface area contributed by atoms with E-state index in [0.29, 0.717) is 16.6 Å². The highest BCUT2D eigenvalue weighted by molar-refractivity contribution is 6.77. The lowest BCUT2D eigenvalue weighted by atomic mass is 10.3. The fraction of sp³-hybridized carbons (Fsp3) is 0.929. The van der Waals surface area contributed by atoms with Crippen LogP contribution in [0, 0.1) is 0 Å². The standard InChI is InChI=1S/C14H30O4Si/c1-10(2)19(11(3)4,12(5)6)18-9-13(15)8-14(16)17-7/h10-13,15H,8-9H2,1-7H3/t13-/m0/s1. The van der Waals surface area contributed by atoms with Gasteiger partial charge in [0.2, 0.25) is 0 Å². The van der Waals surface area contributed by atoms with Gasteiger partial charge in [0.1, 0.15) is 0 Å². The molecule has 0 aromatic rings. The number of hydrogen-bond acceptors (Lipinski definition) is 4. The SMILES string of the molecule is COC(=O)C[C@H](O)CO[Si](C(C)C)(C(C)C)C(C)C. The van der Waals surface area contributed by atoms with E-state index in [0.717, 1.165) is 0 Å². The molecule has 4 nitrogen and oxygen atoms in total. The summed E-state index contributed by atoms with van der Waals surface area (Å²) in [5, 5.41) is 9.86. The van der Waals surface area contributed by atoms with E-state index in [1.807, 2.05) is 0 Å². The number of carbonyl (C=O) groups excluding carboxylic acids is 1. The molecule has 0 amide bonds. The highest BCUT2D eigenvalue weighted by atomic mass is 28.4. The van der Waals surface area contributed by atoms with Crippen LogP contribution in [0.15, 0.2) is 0 Å². The van der Waals surface area contributed by atoms with Crippen LogP contribution in [0.25, 0.3) is 0 Å². The number of carbonyl (C=O) groups is 1. The van der Waals surface area contributed by atoms with Crippen LogP contribution in [0.4, 0.5) is 0 Å². The molecule has 0 saturated heterocycles. The smallest absolute Gasteiger partial charge is 0.308 e. The maximum absolute atomic E-state index is 11.1. The number of methoxy groups -OCH3 is 1. The van der Waals surface area contributed by atoms with E-state index in [2.05, 4.69) is 46.3 Å². The molecule has 19 heavy (non-hydrogen) atoms. The van der Waals surface area contributed by atoms with Gasteiger partial charge < -0.3 is 14.3 Å². The summed E-state index contributed by atoms with van der Waals surface area (Å²) < 4.78 is 10.8. The number of hydrogen-bond donors (Lipinski definition) is 1. The Bertz CT molecular complexity index is 255. The predicted molar refractivity (Wildman–Crippen MR) is 79.6 cm³/mol. The minimum Gasteiger partial charge on any atom is -0.469 e. The van der Waals surface area contributed by atoms with Gasteiger partial charge in [-0.1, -0.05) is 41.5 Å². The molecule has 0 bridgehead atoms. The molecule has 0 rings (SSSR count). The summed E-state index contributed by atoms with van der Waals surface area (Å²) >= 11 is 0. The Morgan fingerprint density at radius 3 is 1.79 bits per heavy atom. The first-order valence-electron chi connectivity index (χ1n) is 7.07. The van der Waals surface area contributed by atoms with E-state index < -0.39 is 20.4 Å². The Labute approximate surface area is 118 Å². The second-order valence-corrected chi connectivity index (χ2v) is 11.5. The summed E-state index contributed by atoms with van der Waals surface area (Å²) in [4.78, 5) is 11.1. The molecule has 0 fully saturated rings. The Hall–Kier alpha value is -0.393. The van der Waals surface area contributed by atoms with Gasteiger partial charge in [-0.05, 0) is 16.6 Å². The third kappa shape index (κ3) is 4.89. The van der Waals surface area contributed by atoms with Gasteiger partial charge >= 0.3 is 5.97 Å². The molecular formula is C14H30O4Si. The summed E-state index contributed by atoms with van der Waals surface area (Å²) in [5.74, 6) is -0.401. The van der Waals surface area contributed by atoms with Crippen LogP contribution in [0.5, 0.6) is 0 Å². The molecule has 1 N–H and O–H groups in total. The highest BCUT2D eigenvalue weighted by Crippen LogP contribution is 2.42. The third-order valence-corrected chi connectivity index (χ3v) is 9.94. The minimum absolute atomic E-state index is 0.00470. The van der Waals surface area contributed by atoms with Gasteiger partial charge in [-0.25, -0.2) is 0 Å². The number of aliphatic hydroxyl groups is 1. The van der Waals surface area contributed by atoms with Gasteiger partial charge in [-0.3, -0.25) is 4.79 Å². The van der Waals surface area contributed by atoms with E-state index in [-0.39, 0.29) is 13.0 Å². The summed E-state index contributed by atoms with van der Waals surface area (Å²) in [7, 11) is -0.639. The van der Waals surface area contributed by atoms with Crippen molar-refractivity contribution in [1.82, 2.24) is 0 Å². The van der Waals surface area contributed by atoms with Crippen LogP contribution in [0.1, 0.15) is 48.0 Å². The fourth-order valence-electron chi connectivity index (χ4n) is 3.08. The molecule has 0 aromatic carbocycles. The van der Waals surface area contributed by atoms with Crippen molar-refractivity contribution in [2.75, 3.05) is 13.7 Å². The van der Waals surface area contributed by atoms with Crippen LogP contribution in [-0.2, 0) is 14.0 Å². The first kappa shape index (κ1) is 18.6. The molecule has 0 saturated carbocycles. The maximum atomic E-state index is 11.1.